The summed E-state index contributed by atoms with van der Waals surface area (Å²) in [4.78, 5) is 18.5. The Hall–Kier alpha value is -2.50. The number of aromatic nitrogens is 1. The molecule has 0 saturated carbocycles. The molecule has 0 radical (unpaired) electrons. The van der Waals surface area contributed by atoms with E-state index in [1.54, 1.807) is 0 Å². The van der Waals surface area contributed by atoms with Crippen molar-refractivity contribution in [2.75, 3.05) is 5.32 Å². The van der Waals surface area contributed by atoms with Gasteiger partial charge in [-0.1, -0.05) is 64.5 Å². The van der Waals surface area contributed by atoms with Crippen molar-refractivity contribution in [2.45, 2.75) is 6.92 Å². The van der Waals surface area contributed by atoms with Crippen LogP contribution in [-0.2, 0) is 0 Å². The maximum absolute atomic E-state index is 12.8. The minimum absolute atomic E-state index is 0.141. The van der Waals surface area contributed by atoms with Gasteiger partial charge >= 0.3 is 0 Å². The fraction of sp³-hybridized carbons (Fsp3) is 0.0476. The lowest BCUT2D eigenvalue weighted by atomic mass is 10.0. The third-order valence-corrected chi connectivity index (χ3v) is 5.58. The molecule has 1 heterocycles. The number of fused-ring (bicyclic) bond motifs is 1. The van der Waals surface area contributed by atoms with Gasteiger partial charge in [0.2, 0.25) is 0 Å². The van der Waals surface area contributed by atoms with E-state index in [9.17, 15) is 4.79 Å². The van der Waals surface area contributed by atoms with Crippen LogP contribution in [0, 0.1) is 6.92 Å². The van der Waals surface area contributed by atoms with E-state index in [-0.39, 0.29) is 5.91 Å². The zero-order valence-electron chi connectivity index (χ0n) is 14.0. The lowest BCUT2D eigenvalue weighted by Crippen LogP contribution is -2.12. The fourth-order valence-corrected chi connectivity index (χ4v) is 4.01. The first kappa shape index (κ1) is 16.9. The number of hydrogen-bond acceptors (Lipinski definition) is 3. The van der Waals surface area contributed by atoms with Crippen molar-refractivity contribution in [3.8, 4) is 11.3 Å². The molecule has 0 aliphatic carbocycles. The molecule has 0 fully saturated rings. The first-order chi connectivity index (χ1) is 12.6. The number of thiazole rings is 1. The molecular formula is C21H15BrN2OS. The second kappa shape index (κ2) is 7.02. The normalized spacial score (nSPS) is 10.8. The Morgan fingerprint density at radius 1 is 1.00 bits per heavy atom. The second-order valence-corrected chi connectivity index (χ2v) is 8.03. The molecule has 0 aliphatic rings. The highest BCUT2D eigenvalue weighted by Gasteiger charge is 2.14. The number of carbonyl (C=O) groups is 1. The van der Waals surface area contributed by atoms with Crippen molar-refractivity contribution in [3.05, 3.63) is 81.6 Å². The van der Waals surface area contributed by atoms with Crippen molar-refractivity contribution in [3.63, 3.8) is 0 Å². The standard InChI is InChI=1S/C21H15BrN2OS/c1-13-19(15-9-11-16(22)12-10-15)23-21(26-13)24-20(25)18-8-4-6-14-5-2-3-7-17(14)18/h2-12H,1H3,(H,23,24,25). The van der Waals surface area contributed by atoms with Crippen molar-refractivity contribution in [1.29, 1.82) is 0 Å². The topological polar surface area (TPSA) is 42.0 Å². The van der Waals surface area contributed by atoms with Gasteiger partial charge in [0.05, 0.1) is 5.69 Å². The fourth-order valence-electron chi connectivity index (χ4n) is 2.91. The highest BCUT2D eigenvalue weighted by atomic mass is 79.9. The van der Waals surface area contributed by atoms with Crippen molar-refractivity contribution in [2.24, 2.45) is 0 Å². The second-order valence-electron chi connectivity index (χ2n) is 5.91. The number of carbonyl (C=O) groups excluding carboxylic acids is 1. The summed E-state index contributed by atoms with van der Waals surface area (Å²) < 4.78 is 1.03. The quantitative estimate of drug-likeness (QED) is 0.421. The van der Waals surface area contributed by atoms with Gasteiger partial charge in [-0.25, -0.2) is 4.98 Å². The lowest BCUT2D eigenvalue weighted by molar-refractivity contribution is 0.102. The number of nitrogens with one attached hydrogen (secondary N) is 1. The van der Waals surface area contributed by atoms with Crippen LogP contribution in [0.4, 0.5) is 5.13 Å². The number of anilines is 1. The van der Waals surface area contributed by atoms with Crippen molar-refractivity contribution in [1.82, 2.24) is 4.98 Å². The maximum atomic E-state index is 12.8. The summed E-state index contributed by atoms with van der Waals surface area (Å²) in [5.41, 5.74) is 2.59. The number of nitrogens with zero attached hydrogens (tertiary/aromatic N) is 1. The third kappa shape index (κ3) is 3.28. The van der Waals surface area contributed by atoms with Gasteiger partial charge in [0.1, 0.15) is 0 Å². The summed E-state index contributed by atoms with van der Waals surface area (Å²) in [5, 5.41) is 5.55. The predicted molar refractivity (Wildman–Crippen MR) is 112 cm³/mol. The molecule has 3 aromatic carbocycles. The van der Waals surface area contributed by atoms with Gasteiger partial charge in [-0.2, -0.15) is 0 Å². The Labute approximate surface area is 163 Å². The van der Waals surface area contributed by atoms with Gasteiger partial charge < -0.3 is 0 Å². The monoisotopic (exact) mass is 422 g/mol. The number of aryl methyl sites for hydroxylation is 1. The van der Waals surface area contributed by atoms with Gasteiger partial charge in [0.15, 0.2) is 5.13 Å². The number of rotatable bonds is 3. The Morgan fingerprint density at radius 3 is 2.54 bits per heavy atom. The smallest absolute Gasteiger partial charge is 0.258 e. The zero-order valence-corrected chi connectivity index (χ0v) is 16.4. The summed E-state index contributed by atoms with van der Waals surface area (Å²) in [6.45, 7) is 2.02. The highest BCUT2D eigenvalue weighted by molar-refractivity contribution is 9.10. The van der Waals surface area contributed by atoms with Crippen LogP contribution < -0.4 is 5.32 Å². The van der Waals surface area contributed by atoms with Crippen LogP contribution in [0.15, 0.2) is 71.2 Å². The zero-order chi connectivity index (χ0) is 18.1. The Bertz CT molecular complexity index is 1100. The molecule has 0 saturated heterocycles. The van der Waals surface area contributed by atoms with E-state index in [1.165, 1.54) is 11.3 Å². The van der Waals surface area contributed by atoms with Gasteiger partial charge in [0, 0.05) is 20.5 Å². The van der Waals surface area contributed by atoms with Crippen LogP contribution in [-0.4, -0.2) is 10.9 Å². The number of benzene rings is 3. The van der Waals surface area contributed by atoms with Crippen molar-refractivity contribution < 1.29 is 4.79 Å². The van der Waals surface area contributed by atoms with E-state index in [0.717, 1.165) is 31.4 Å². The SMILES string of the molecule is Cc1sc(NC(=O)c2cccc3ccccc23)nc1-c1ccc(Br)cc1. The molecule has 1 aromatic heterocycles. The molecule has 0 unspecified atom stereocenters. The summed E-state index contributed by atoms with van der Waals surface area (Å²) in [5.74, 6) is -0.141. The average Bonchev–Trinajstić information content (AvgIpc) is 3.02. The summed E-state index contributed by atoms with van der Waals surface area (Å²) >= 11 is 4.93. The van der Waals surface area contributed by atoms with E-state index < -0.39 is 0 Å². The highest BCUT2D eigenvalue weighted by Crippen LogP contribution is 2.31. The molecule has 0 spiro atoms. The van der Waals surface area contributed by atoms with Gasteiger partial charge in [-0.15, -0.1) is 11.3 Å². The van der Waals surface area contributed by atoms with Crippen LogP contribution in [0.5, 0.6) is 0 Å². The minimum atomic E-state index is -0.141. The van der Waals surface area contributed by atoms with Gasteiger partial charge in [0.25, 0.3) is 5.91 Å². The molecule has 1 amide bonds. The average molecular weight is 423 g/mol. The van der Waals surface area contributed by atoms with E-state index in [2.05, 4.69) is 26.2 Å². The summed E-state index contributed by atoms with van der Waals surface area (Å²) in [6.07, 6.45) is 0. The third-order valence-electron chi connectivity index (χ3n) is 4.17. The van der Waals surface area contributed by atoms with E-state index >= 15 is 0 Å². The number of halogens is 1. The van der Waals surface area contributed by atoms with Crippen LogP contribution in [0.25, 0.3) is 22.0 Å². The lowest BCUT2D eigenvalue weighted by Gasteiger charge is -2.06. The predicted octanol–water partition coefficient (Wildman–Crippen LogP) is 6.29. The first-order valence-corrected chi connectivity index (χ1v) is 9.75. The van der Waals surface area contributed by atoms with Gasteiger partial charge in [-0.05, 0) is 35.9 Å². The molecular weight excluding hydrogens is 408 g/mol. The van der Waals surface area contributed by atoms with Crippen LogP contribution in [0.3, 0.4) is 0 Å². The van der Waals surface area contributed by atoms with Crippen LogP contribution >= 0.6 is 27.3 Å². The van der Waals surface area contributed by atoms with E-state index in [1.807, 2.05) is 73.7 Å². The molecule has 4 rings (SSSR count). The molecule has 3 nitrogen and oxygen atoms in total. The van der Waals surface area contributed by atoms with Crippen LogP contribution in [0.1, 0.15) is 15.2 Å². The van der Waals surface area contributed by atoms with E-state index in [0.29, 0.717) is 10.7 Å². The number of hydrogen-bond donors (Lipinski definition) is 1. The summed E-state index contributed by atoms with van der Waals surface area (Å²) in [6, 6.07) is 21.6. The first-order valence-electron chi connectivity index (χ1n) is 8.14. The molecule has 0 atom stereocenters. The Balaban J connectivity index is 1.64. The number of amides is 1. The van der Waals surface area contributed by atoms with Crippen LogP contribution in [0.2, 0.25) is 0 Å². The Morgan fingerprint density at radius 2 is 1.73 bits per heavy atom. The largest absolute Gasteiger partial charge is 0.298 e. The molecule has 26 heavy (non-hydrogen) atoms. The van der Waals surface area contributed by atoms with Gasteiger partial charge in [-0.3, -0.25) is 10.1 Å². The molecule has 0 aliphatic heterocycles. The minimum Gasteiger partial charge on any atom is -0.298 e. The molecule has 1 N–H and O–H groups in total. The summed E-state index contributed by atoms with van der Waals surface area (Å²) in [7, 11) is 0. The molecule has 5 heteroatoms. The maximum Gasteiger partial charge on any atom is 0.258 e. The van der Waals surface area contributed by atoms with E-state index in [4.69, 9.17) is 0 Å². The molecule has 4 aromatic rings. The molecule has 0 bridgehead atoms. The molecule has 128 valence electrons. The van der Waals surface area contributed by atoms with Crippen molar-refractivity contribution >= 4 is 49.1 Å². The Kier molecular flexibility index (Phi) is 4.57.